The summed E-state index contributed by atoms with van der Waals surface area (Å²) in [5, 5.41) is 0. The van der Waals surface area contributed by atoms with Crippen LogP contribution in [0.5, 0.6) is 0 Å². The van der Waals surface area contributed by atoms with Crippen LogP contribution in [0.3, 0.4) is 0 Å². The summed E-state index contributed by atoms with van der Waals surface area (Å²) in [4.78, 5) is 5.42. The zero-order chi connectivity index (χ0) is 10.7. The Morgan fingerprint density at radius 3 is 2.93 bits per heavy atom. The molecule has 88 valence electrons. The lowest BCUT2D eigenvalue weighted by Crippen LogP contribution is -2.58. The van der Waals surface area contributed by atoms with E-state index >= 15 is 0 Å². The van der Waals surface area contributed by atoms with Crippen LogP contribution >= 0.6 is 11.8 Å². The Bertz CT molecular complexity index is 198. The molecule has 0 spiro atoms. The van der Waals surface area contributed by atoms with Crippen LogP contribution in [0.15, 0.2) is 0 Å². The van der Waals surface area contributed by atoms with Crippen molar-refractivity contribution in [1.82, 2.24) is 9.80 Å². The number of piperazine rings is 1. The third-order valence-corrected chi connectivity index (χ3v) is 4.49. The van der Waals surface area contributed by atoms with Gasteiger partial charge in [-0.05, 0) is 32.6 Å². The summed E-state index contributed by atoms with van der Waals surface area (Å²) < 4.78 is 0. The van der Waals surface area contributed by atoms with Gasteiger partial charge < -0.3 is 0 Å². The first-order valence-corrected chi connectivity index (χ1v) is 7.67. The summed E-state index contributed by atoms with van der Waals surface area (Å²) in [5.41, 5.74) is 0. The monoisotopic (exact) mass is 228 g/mol. The Morgan fingerprint density at radius 1 is 1.27 bits per heavy atom. The lowest BCUT2D eigenvalue weighted by atomic mass is 9.97. The van der Waals surface area contributed by atoms with Gasteiger partial charge in [0.25, 0.3) is 0 Å². The number of hydrogen-bond acceptors (Lipinski definition) is 3. The van der Waals surface area contributed by atoms with Crippen LogP contribution in [0.4, 0.5) is 0 Å². The van der Waals surface area contributed by atoms with Gasteiger partial charge in [0, 0.05) is 37.5 Å². The summed E-state index contributed by atoms with van der Waals surface area (Å²) in [6, 6.07) is 1.64. The second kappa shape index (κ2) is 5.55. The topological polar surface area (TPSA) is 6.48 Å². The molecule has 2 nitrogen and oxygen atoms in total. The average Bonchev–Trinajstić information content (AvgIpc) is 2.26. The minimum Gasteiger partial charge on any atom is -0.298 e. The second-order valence-electron chi connectivity index (χ2n) is 4.98. The molecule has 2 aliphatic rings. The molecule has 3 heteroatoms. The molecule has 2 heterocycles. The summed E-state index contributed by atoms with van der Waals surface area (Å²) in [5.74, 6) is 1.29. The van der Waals surface area contributed by atoms with Crippen LogP contribution in [0, 0.1) is 0 Å². The molecule has 0 aromatic heterocycles. The molecule has 15 heavy (non-hydrogen) atoms. The van der Waals surface area contributed by atoms with E-state index in [4.69, 9.17) is 0 Å². The van der Waals surface area contributed by atoms with Gasteiger partial charge in [-0.15, -0.1) is 0 Å². The lowest BCUT2D eigenvalue weighted by Gasteiger charge is -2.47. The van der Waals surface area contributed by atoms with E-state index in [1.54, 1.807) is 0 Å². The molecule has 0 saturated carbocycles. The minimum atomic E-state index is 0.770. The van der Waals surface area contributed by atoms with Crippen molar-refractivity contribution < 1.29 is 0 Å². The quantitative estimate of drug-likeness (QED) is 0.728. The van der Waals surface area contributed by atoms with Crippen molar-refractivity contribution in [2.75, 3.05) is 38.2 Å². The molecule has 0 aliphatic carbocycles. The SMILES string of the molecule is CSCCN1CC2CCCCN2CC1C. The van der Waals surface area contributed by atoms with Crippen LogP contribution in [0.25, 0.3) is 0 Å². The van der Waals surface area contributed by atoms with E-state index in [1.807, 2.05) is 11.8 Å². The van der Waals surface area contributed by atoms with E-state index in [0.717, 1.165) is 12.1 Å². The van der Waals surface area contributed by atoms with E-state index < -0.39 is 0 Å². The summed E-state index contributed by atoms with van der Waals surface area (Å²) in [6.45, 7) is 7.66. The first kappa shape index (κ1) is 11.7. The molecule has 2 fully saturated rings. The van der Waals surface area contributed by atoms with Crippen molar-refractivity contribution in [2.45, 2.75) is 38.3 Å². The van der Waals surface area contributed by atoms with Gasteiger partial charge >= 0.3 is 0 Å². The fraction of sp³-hybridized carbons (Fsp3) is 1.00. The van der Waals surface area contributed by atoms with Gasteiger partial charge in [-0.3, -0.25) is 9.80 Å². The highest BCUT2D eigenvalue weighted by atomic mass is 32.2. The molecular weight excluding hydrogens is 204 g/mol. The normalized spacial score (nSPS) is 34.0. The van der Waals surface area contributed by atoms with Crippen molar-refractivity contribution in [1.29, 1.82) is 0 Å². The van der Waals surface area contributed by atoms with E-state index in [2.05, 4.69) is 23.0 Å². The Morgan fingerprint density at radius 2 is 2.13 bits per heavy atom. The van der Waals surface area contributed by atoms with Crippen molar-refractivity contribution in [2.24, 2.45) is 0 Å². The maximum atomic E-state index is 2.73. The van der Waals surface area contributed by atoms with Gasteiger partial charge in [0.1, 0.15) is 0 Å². The Labute approximate surface area is 98.4 Å². The summed E-state index contributed by atoms with van der Waals surface area (Å²) in [7, 11) is 0. The Kier molecular flexibility index (Phi) is 4.35. The molecule has 2 unspecified atom stereocenters. The molecule has 0 amide bonds. The molecule has 2 atom stereocenters. The number of hydrogen-bond donors (Lipinski definition) is 0. The van der Waals surface area contributed by atoms with Gasteiger partial charge in [-0.25, -0.2) is 0 Å². The average molecular weight is 228 g/mol. The molecule has 0 aromatic rings. The first-order chi connectivity index (χ1) is 7.31. The maximum Gasteiger partial charge on any atom is 0.0223 e. The van der Waals surface area contributed by atoms with Gasteiger partial charge in [0.05, 0.1) is 0 Å². The third-order valence-electron chi connectivity index (χ3n) is 3.90. The summed E-state index contributed by atoms with van der Waals surface area (Å²) in [6.07, 6.45) is 6.52. The molecule has 2 aliphatic heterocycles. The van der Waals surface area contributed by atoms with Crippen molar-refractivity contribution in [3.05, 3.63) is 0 Å². The number of thioether (sulfide) groups is 1. The van der Waals surface area contributed by atoms with Gasteiger partial charge in [-0.2, -0.15) is 11.8 Å². The molecule has 0 N–H and O–H groups in total. The standard InChI is InChI=1S/C12H24N2S/c1-11-9-14-6-4-3-5-12(14)10-13(11)7-8-15-2/h11-12H,3-10H2,1-2H3. The highest BCUT2D eigenvalue weighted by Gasteiger charge is 2.32. The van der Waals surface area contributed by atoms with Crippen LogP contribution in [-0.2, 0) is 0 Å². The smallest absolute Gasteiger partial charge is 0.0223 e. The molecule has 2 rings (SSSR count). The van der Waals surface area contributed by atoms with E-state index in [9.17, 15) is 0 Å². The number of nitrogens with zero attached hydrogens (tertiary/aromatic N) is 2. The zero-order valence-electron chi connectivity index (χ0n) is 10.1. The predicted molar refractivity (Wildman–Crippen MR) is 68.6 cm³/mol. The fourth-order valence-corrected chi connectivity index (χ4v) is 3.35. The highest BCUT2D eigenvalue weighted by Crippen LogP contribution is 2.23. The molecular formula is C12H24N2S. The van der Waals surface area contributed by atoms with Gasteiger partial charge in [0.15, 0.2) is 0 Å². The van der Waals surface area contributed by atoms with Crippen molar-refractivity contribution >= 4 is 11.8 Å². The summed E-state index contributed by atoms with van der Waals surface area (Å²) >= 11 is 1.97. The lowest BCUT2D eigenvalue weighted by molar-refractivity contribution is 0.0188. The van der Waals surface area contributed by atoms with Crippen LogP contribution in [0.1, 0.15) is 26.2 Å². The van der Waals surface area contributed by atoms with Crippen LogP contribution in [-0.4, -0.2) is 60.1 Å². The first-order valence-electron chi connectivity index (χ1n) is 6.28. The number of piperidine rings is 1. The van der Waals surface area contributed by atoms with Gasteiger partial charge in [0.2, 0.25) is 0 Å². The predicted octanol–water partition coefficient (Wildman–Crippen LogP) is 1.91. The minimum absolute atomic E-state index is 0.770. The van der Waals surface area contributed by atoms with Crippen LogP contribution < -0.4 is 0 Å². The van der Waals surface area contributed by atoms with E-state index in [-0.39, 0.29) is 0 Å². The fourth-order valence-electron chi connectivity index (χ4n) is 2.93. The zero-order valence-corrected chi connectivity index (χ0v) is 10.9. The molecule has 0 aromatic carbocycles. The Balaban J connectivity index is 1.87. The maximum absolute atomic E-state index is 2.73. The number of fused-ring (bicyclic) bond motifs is 1. The Hall–Kier alpha value is 0.270. The third kappa shape index (κ3) is 2.89. The van der Waals surface area contributed by atoms with Crippen LogP contribution in [0.2, 0.25) is 0 Å². The van der Waals surface area contributed by atoms with E-state index in [0.29, 0.717) is 0 Å². The second-order valence-corrected chi connectivity index (χ2v) is 5.97. The highest BCUT2D eigenvalue weighted by molar-refractivity contribution is 7.98. The number of rotatable bonds is 3. The largest absolute Gasteiger partial charge is 0.298 e. The van der Waals surface area contributed by atoms with E-state index in [1.165, 1.54) is 51.2 Å². The van der Waals surface area contributed by atoms with Crippen molar-refractivity contribution in [3.8, 4) is 0 Å². The molecule has 0 radical (unpaired) electrons. The van der Waals surface area contributed by atoms with Crippen molar-refractivity contribution in [3.63, 3.8) is 0 Å². The van der Waals surface area contributed by atoms with Gasteiger partial charge in [-0.1, -0.05) is 6.42 Å². The molecule has 0 bridgehead atoms. The molecule has 2 saturated heterocycles.